The van der Waals surface area contributed by atoms with E-state index in [0.29, 0.717) is 24.6 Å². The molecule has 2 amide bonds. The number of halogens is 4. The van der Waals surface area contributed by atoms with E-state index in [-0.39, 0.29) is 46.4 Å². The molecule has 4 N–H and O–H groups in total. The Hall–Kier alpha value is -3.74. The topological polar surface area (TPSA) is 129 Å². The van der Waals surface area contributed by atoms with Crippen molar-refractivity contribution in [3.05, 3.63) is 41.3 Å². The van der Waals surface area contributed by atoms with Crippen molar-refractivity contribution in [2.24, 2.45) is 5.92 Å². The first kappa shape index (κ1) is 27.8. The molecule has 13 heteroatoms. The van der Waals surface area contributed by atoms with Crippen molar-refractivity contribution in [2.75, 3.05) is 13.2 Å². The molecular formula is C27H29F4N5O4. The number of aliphatic hydroxyl groups excluding tert-OH is 1. The Morgan fingerprint density at radius 2 is 1.93 bits per heavy atom. The second kappa shape index (κ2) is 11.0. The van der Waals surface area contributed by atoms with E-state index in [0.717, 1.165) is 25.0 Å². The third kappa shape index (κ3) is 5.88. The summed E-state index contributed by atoms with van der Waals surface area (Å²) in [6.07, 6.45) is -2.20. The fourth-order valence-corrected chi connectivity index (χ4v) is 5.04. The van der Waals surface area contributed by atoms with Crippen molar-refractivity contribution >= 4 is 22.8 Å². The number of alkyl halides is 4. The molecule has 2 saturated carbocycles. The van der Waals surface area contributed by atoms with Crippen LogP contribution < -0.4 is 15.4 Å². The fourth-order valence-electron chi connectivity index (χ4n) is 5.04. The highest BCUT2D eigenvalue weighted by Crippen LogP contribution is 2.40. The van der Waals surface area contributed by atoms with Gasteiger partial charge in [-0.1, -0.05) is 0 Å². The van der Waals surface area contributed by atoms with Crippen molar-refractivity contribution in [1.82, 2.24) is 25.6 Å². The van der Waals surface area contributed by atoms with Crippen LogP contribution in [-0.4, -0.2) is 63.3 Å². The molecule has 2 aliphatic carbocycles. The van der Waals surface area contributed by atoms with Gasteiger partial charge in [-0.25, -0.2) is 14.4 Å². The number of rotatable bonds is 8. The number of H-pyrrole nitrogens is 1. The number of carbonyl (C=O) groups excluding carboxylic acids is 2. The molecule has 9 nitrogen and oxygen atoms in total. The number of hydrogen-bond acceptors (Lipinski definition) is 6. The van der Waals surface area contributed by atoms with Gasteiger partial charge in [0.1, 0.15) is 36.1 Å². The lowest BCUT2D eigenvalue weighted by Gasteiger charge is -2.32. The second-order valence-corrected chi connectivity index (χ2v) is 10.4. The van der Waals surface area contributed by atoms with Gasteiger partial charge in [-0.15, -0.1) is 0 Å². The molecule has 0 saturated heterocycles. The Morgan fingerprint density at radius 1 is 1.15 bits per heavy atom. The first-order valence-electron chi connectivity index (χ1n) is 13.1. The normalized spacial score (nSPS) is 21.3. The van der Waals surface area contributed by atoms with Crippen LogP contribution in [0.3, 0.4) is 0 Å². The van der Waals surface area contributed by atoms with E-state index in [1.807, 2.05) is 0 Å². The molecule has 214 valence electrons. The molecule has 1 aromatic carbocycles. The van der Waals surface area contributed by atoms with Gasteiger partial charge in [0, 0.05) is 23.7 Å². The van der Waals surface area contributed by atoms with Crippen molar-refractivity contribution in [2.45, 2.75) is 63.5 Å². The SMILES string of the molecule is Cc1[nH]c2c(-c3cc(C(F)(F)F)ccc3OCC3CC3)ncnc2c1C(=O)N[C@@H]1CC[C@@H](NC(=O)CO)C[C@H]1F. The highest BCUT2D eigenvalue weighted by molar-refractivity contribution is 6.09. The molecule has 0 spiro atoms. The van der Waals surface area contributed by atoms with Crippen molar-refractivity contribution < 1.29 is 37.0 Å². The van der Waals surface area contributed by atoms with Crippen LogP contribution in [0, 0.1) is 12.8 Å². The average Bonchev–Trinajstić information content (AvgIpc) is 3.67. The Balaban J connectivity index is 1.43. The van der Waals surface area contributed by atoms with E-state index in [1.165, 1.54) is 12.4 Å². The molecule has 0 aliphatic heterocycles. The van der Waals surface area contributed by atoms with Crippen LogP contribution in [0.15, 0.2) is 24.5 Å². The second-order valence-electron chi connectivity index (χ2n) is 10.4. The molecule has 3 aromatic rings. The van der Waals surface area contributed by atoms with E-state index < -0.39 is 48.4 Å². The summed E-state index contributed by atoms with van der Waals surface area (Å²) in [5.41, 5.74) is 0.359. The predicted molar refractivity (Wildman–Crippen MR) is 136 cm³/mol. The summed E-state index contributed by atoms with van der Waals surface area (Å²) in [6, 6.07) is 1.95. The lowest BCUT2D eigenvalue weighted by Crippen LogP contribution is -2.50. The number of ether oxygens (including phenoxy) is 1. The van der Waals surface area contributed by atoms with Gasteiger partial charge in [0.05, 0.1) is 29.3 Å². The summed E-state index contributed by atoms with van der Waals surface area (Å²) in [6.45, 7) is 1.30. The zero-order valence-electron chi connectivity index (χ0n) is 21.6. The maximum absolute atomic E-state index is 14.9. The highest BCUT2D eigenvalue weighted by atomic mass is 19.4. The quantitative estimate of drug-likeness (QED) is 0.309. The zero-order chi connectivity index (χ0) is 28.6. The number of fused-ring (bicyclic) bond motifs is 1. The standard InChI is InChI=1S/C27H29F4N5O4/c1-13-22(26(39)36-19-6-5-16(9-18(19)28)35-21(38)10-37)24-25(34-13)23(32-12-33-24)17-8-15(27(29,30)31)4-7-20(17)40-11-14-2-3-14/h4,7-8,12,14,16,18-19,34,37H,2-3,5-6,9-11H2,1H3,(H,35,38)(H,36,39)/t16-,18-,19-/m1/s1. The van der Waals surface area contributed by atoms with Gasteiger partial charge in [-0.3, -0.25) is 9.59 Å². The number of nitrogens with one attached hydrogen (secondary N) is 3. The molecule has 3 atom stereocenters. The lowest BCUT2D eigenvalue weighted by atomic mass is 9.89. The van der Waals surface area contributed by atoms with Crippen LogP contribution in [-0.2, 0) is 11.0 Å². The predicted octanol–water partition coefficient (Wildman–Crippen LogP) is 3.84. The minimum absolute atomic E-state index is 0.0188. The molecule has 0 radical (unpaired) electrons. The Morgan fingerprint density at radius 3 is 2.60 bits per heavy atom. The Labute approximate surface area is 226 Å². The number of aliphatic hydroxyl groups is 1. The number of aromatic amines is 1. The molecule has 0 unspecified atom stereocenters. The highest BCUT2D eigenvalue weighted by Gasteiger charge is 2.35. The van der Waals surface area contributed by atoms with Crippen LogP contribution in [0.2, 0.25) is 0 Å². The van der Waals surface area contributed by atoms with Crippen LogP contribution in [0.1, 0.15) is 53.7 Å². The van der Waals surface area contributed by atoms with Gasteiger partial charge in [-0.2, -0.15) is 13.2 Å². The first-order valence-corrected chi connectivity index (χ1v) is 13.1. The maximum Gasteiger partial charge on any atom is 0.416 e. The average molecular weight is 564 g/mol. The number of nitrogens with zero attached hydrogens (tertiary/aromatic N) is 2. The molecule has 2 aliphatic rings. The monoisotopic (exact) mass is 563 g/mol. The van der Waals surface area contributed by atoms with E-state index in [2.05, 4.69) is 25.6 Å². The van der Waals surface area contributed by atoms with Crippen LogP contribution >= 0.6 is 0 Å². The van der Waals surface area contributed by atoms with Crippen LogP contribution in [0.5, 0.6) is 5.75 Å². The number of hydrogen-bond donors (Lipinski definition) is 4. The van der Waals surface area contributed by atoms with Crippen molar-refractivity contribution in [3.8, 4) is 17.0 Å². The summed E-state index contributed by atoms with van der Waals surface area (Å²) in [5, 5.41) is 14.1. The van der Waals surface area contributed by atoms with Gasteiger partial charge in [0.25, 0.3) is 5.91 Å². The smallest absolute Gasteiger partial charge is 0.416 e. The van der Waals surface area contributed by atoms with Crippen molar-refractivity contribution in [1.29, 1.82) is 0 Å². The molecule has 2 aromatic heterocycles. The maximum atomic E-state index is 14.9. The number of benzene rings is 1. The van der Waals surface area contributed by atoms with E-state index in [9.17, 15) is 27.2 Å². The van der Waals surface area contributed by atoms with Gasteiger partial charge in [-0.05, 0) is 56.7 Å². The Kier molecular flexibility index (Phi) is 7.67. The summed E-state index contributed by atoms with van der Waals surface area (Å²) in [5.74, 6) is -0.577. The van der Waals surface area contributed by atoms with Gasteiger partial charge >= 0.3 is 6.18 Å². The minimum Gasteiger partial charge on any atom is -0.493 e. The summed E-state index contributed by atoms with van der Waals surface area (Å²) >= 11 is 0. The minimum atomic E-state index is -4.59. The van der Waals surface area contributed by atoms with Crippen molar-refractivity contribution in [3.63, 3.8) is 0 Å². The Bertz CT molecular complexity index is 1420. The number of aromatic nitrogens is 3. The molecular weight excluding hydrogens is 534 g/mol. The fraction of sp³-hybridized carbons (Fsp3) is 0.481. The number of aryl methyl sites for hydroxylation is 1. The number of carbonyl (C=O) groups is 2. The third-order valence-corrected chi connectivity index (χ3v) is 7.33. The molecule has 2 fully saturated rings. The molecule has 2 heterocycles. The van der Waals surface area contributed by atoms with Crippen LogP contribution in [0.4, 0.5) is 17.6 Å². The summed E-state index contributed by atoms with van der Waals surface area (Å²) < 4.78 is 61.5. The largest absolute Gasteiger partial charge is 0.493 e. The van der Waals surface area contributed by atoms with E-state index in [4.69, 9.17) is 9.84 Å². The lowest BCUT2D eigenvalue weighted by molar-refractivity contribution is -0.137. The van der Waals surface area contributed by atoms with E-state index >= 15 is 0 Å². The summed E-state index contributed by atoms with van der Waals surface area (Å²) in [4.78, 5) is 36.2. The van der Waals surface area contributed by atoms with Crippen LogP contribution in [0.25, 0.3) is 22.3 Å². The summed E-state index contributed by atoms with van der Waals surface area (Å²) in [7, 11) is 0. The zero-order valence-corrected chi connectivity index (χ0v) is 21.6. The molecule has 5 rings (SSSR count). The third-order valence-electron chi connectivity index (χ3n) is 7.33. The van der Waals surface area contributed by atoms with Gasteiger partial charge in [0.2, 0.25) is 5.91 Å². The molecule has 40 heavy (non-hydrogen) atoms. The van der Waals surface area contributed by atoms with Gasteiger partial charge in [0.15, 0.2) is 0 Å². The number of amides is 2. The van der Waals surface area contributed by atoms with Gasteiger partial charge < -0.3 is 25.5 Å². The first-order chi connectivity index (χ1) is 19.0. The molecule has 0 bridgehead atoms. The van der Waals surface area contributed by atoms with E-state index in [1.54, 1.807) is 6.92 Å².